The molecular formula is C27H27N7O4S. The first kappa shape index (κ1) is 25.1. The summed E-state index contributed by atoms with van der Waals surface area (Å²) in [4.78, 5) is 22.1. The molecule has 1 amide bonds. The van der Waals surface area contributed by atoms with Gasteiger partial charge in [-0.3, -0.25) is 4.79 Å². The molecule has 0 saturated carbocycles. The van der Waals surface area contributed by atoms with Crippen LogP contribution in [0.4, 0.5) is 5.82 Å². The second kappa shape index (κ2) is 9.86. The second-order valence-corrected chi connectivity index (χ2v) is 11.5. The van der Waals surface area contributed by atoms with Gasteiger partial charge in [-0.2, -0.15) is 4.31 Å². The van der Waals surface area contributed by atoms with Crippen molar-refractivity contribution in [2.75, 3.05) is 19.0 Å². The van der Waals surface area contributed by atoms with Crippen molar-refractivity contribution in [3.63, 3.8) is 0 Å². The Morgan fingerprint density at radius 2 is 1.95 bits per heavy atom. The fourth-order valence-electron chi connectivity index (χ4n) is 5.16. The number of carbonyl (C=O) groups is 1. The highest BCUT2D eigenvalue weighted by molar-refractivity contribution is 7.89. The number of fused-ring (bicyclic) bond motifs is 2. The topological polar surface area (TPSA) is 132 Å². The maximum atomic E-state index is 13.4. The summed E-state index contributed by atoms with van der Waals surface area (Å²) < 4.78 is 35.3. The third-order valence-corrected chi connectivity index (χ3v) is 8.96. The number of aryl methyl sites for hydroxylation is 1. The monoisotopic (exact) mass is 545 g/mol. The molecule has 0 aliphatic carbocycles. The van der Waals surface area contributed by atoms with Crippen molar-refractivity contribution < 1.29 is 17.9 Å². The van der Waals surface area contributed by atoms with Gasteiger partial charge >= 0.3 is 0 Å². The van der Waals surface area contributed by atoms with Crippen LogP contribution in [0, 0.1) is 0 Å². The fourth-order valence-corrected chi connectivity index (χ4v) is 6.51. The highest BCUT2D eigenvalue weighted by atomic mass is 32.2. The van der Waals surface area contributed by atoms with Gasteiger partial charge in [0.1, 0.15) is 23.1 Å². The number of pyridine rings is 2. The molecule has 200 valence electrons. The third-order valence-electron chi connectivity index (χ3n) is 7.20. The van der Waals surface area contributed by atoms with E-state index in [1.165, 1.54) is 23.7 Å². The molecule has 39 heavy (non-hydrogen) atoms. The number of carbonyl (C=O) groups excluding carboxylic acids is 1. The summed E-state index contributed by atoms with van der Waals surface area (Å²) in [7, 11) is -2.26. The molecule has 4 aromatic rings. The summed E-state index contributed by atoms with van der Waals surface area (Å²) in [5, 5.41) is 11.5. The van der Waals surface area contributed by atoms with Gasteiger partial charge < -0.3 is 14.6 Å². The molecule has 0 spiro atoms. The van der Waals surface area contributed by atoms with Gasteiger partial charge in [0.05, 0.1) is 12.7 Å². The Hall–Kier alpha value is -4.16. The van der Waals surface area contributed by atoms with E-state index < -0.39 is 15.9 Å². The smallest absolute Gasteiger partial charge is 0.260 e. The van der Waals surface area contributed by atoms with E-state index in [9.17, 15) is 13.2 Å². The lowest BCUT2D eigenvalue weighted by molar-refractivity contribution is 0.102. The van der Waals surface area contributed by atoms with Crippen LogP contribution < -0.4 is 10.1 Å². The van der Waals surface area contributed by atoms with Gasteiger partial charge in [0.15, 0.2) is 10.9 Å². The van der Waals surface area contributed by atoms with Gasteiger partial charge in [-0.1, -0.05) is 12.1 Å². The number of hydrogen-bond donors (Lipinski definition) is 1. The van der Waals surface area contributed by atoms with Crippen molar-refractivity contribution in [3.05, 3.63) is 77.2 Å². The lowest BCUT2D eigenvalue weighted by Crippen LogP contribution is -2.36. The Morgan fingerprint density at radius 3 is 2.74 bits per heavy atom. The van der Waals surface area contributed by atoms with E-state index in [2.05, 4.69) is 37.0 Å². The standard InChI is InChI=1S/C27H27N7O4S/c1-17-9-10-24-31-32-26(34(17)24)21-6-5-7-23(29-21)30-27(35)20-14-19-16-33(13-11-18(19)15-22(20)38-2)39(36,37)25-8-3-4-12-28-25/h3-8,12,14-15,17H,9-11,13,16H2,1-2H3,(H,29,30,35)/t17-/m0/s1. The van der Waals surface area contributed by atoms with Crippen LogP contribution in [0.15, 0.2) is 59.8 Å². The SMILES string of the molecule is COc1cc2c(cc1C(=O)Nc1cccc(-c3nnc4n3[C@@H](C)CC4)n1)CN(S(=O)(=O)c1ccccn1)CC2. The van der Waals surface area contributed by atoms with Crippen LogP contribution in [0.3, 0.4) is 0 Å². The normalized spacial score (nSPS) is 16.9. The maximum Gasteiger partial charge on any atom is 0.260 e. The predicted octanol–water partition coefficient (Wildman–Crippen LogP) is 3.25. The number of hydrogen-bond acceptors (Lipinski definition) is 8. The zero-order valence-electron chi connectivity index (χ0n) is 21.5. The molecule has 2 aliphatic rings. The second-order valence-electron chi connectivity index (χ2n) is 9.64. The lowest BCUT2D eigenvalue weighted by atomic mass is 9.97. The van der Waals surface area contributed by atoms with Gasteiger partial charge in [0, 0.05) is 31.7 Å². The highest BCUT2D eigenvalue weighted by Gasteiger charge is 2.31. The van der Waals surface area contributed by atoms with E-state index in [0.717, 1.165) is 29.8 Å². The van der Waals surface area contributed by atoms with Gasteiger partial charge in [0.2, 0.25) is 0 Å². The number of anilines is 1. The summed E-state index contributed by atoms with van der Waals surface area (Å²) in [5.41, 5.74) is 2.58. The molecular weight excluding hydrogens is 518 g/mol. The largest absolute Gasteiger partial charge is 0.496 e. The summed E-state index contributed by atoms with van der Waals surface area (Å²) >= 11 is 0. The molecule has 12 heteroatoms. The number of nitrogens with zero attached hydrogens (tertiary/aromatic N) is 6. The van der Waals surface area contributed by atoms with Gasteiger partial charge in [0.25, 0.3) is 15.9 Å². The molecule has 11 nitrogen and oxygen atoms in total. The predicted molar refractivity (Wildman–Crippen MR) is 143 cm³/mol. The molecule has 0 fully saturated rings. The number of rotatable bonds is 6. The summed E-state index contributed by atoms with van der Waals surface area (Å²) in [5.74, 6) is 1.97. The van der Waals surface area contributed by atoms with E-state index in [1.54, 1.807) is 30.3 Å². The highest BCUT2D eigenvalue weighted by Crippen LogP contribution is 2.32. The number of amides is 1. The van der Waals surface area contributed by atoms with Gasteiger partial charge in [-0.25, -0.2) is 18.4 Å². The van der Waals surface area contributed by atoms with Crippen LogP contribution >= 0.6 is 0 Å². The number of aromatic nitrogens is 5. The third kappa shape index (κ3) is 4.55. The van der Waals surface area contributed by atoms with Crippen LogP contribution in [0.1, 0.15) is 46.7 Å². The van der Waals surface area contributed by atoms with Crippen LogP contribution in [0.2, 0.25) is 0 Å². The number of ether oxygens (including phenoxy) is 1. The van der Waals surface area contributed by atoms with Crippen molar-refractivity contribution in [2.45, 2.75) is 43.8 Å². The van der Waals surface area contributed by atoms with E-state index in [0.29, 0.717) is 36.1 Å². The first-order valence-electron chi connectivity index (χ1n) is 12.7. The number of benzene rings is 1. The molecule has 0 radical (unpaired) electrons. The number of nitrogens with one attached hydrogen (secondary N) is 1. The molecule has 3 aromatic heterocycles. The molecule has 6 rings (SSSR count). The Kier molecular flexibility index (Phi) is 6.35. The molecule has 5 heterocycles. The van der Waals surface area contributed by atoms with Crippen LogP contribution in [-0.2, 0) is 29.4 Å². The molecule has 2 aliphatic heterocycles. The number of methoxy groups -OCH3 is 1. The molecule has 1 N–H and O–H groups in total. The van der Waals surface area contributed by atoms with Crippen LogP contribution in [0.25, 0.3) is 11.5 Å². The average molecular weight is 546 g/mol. The average Bonchev–Trinajstić information content (AvgIpc) is 3.55. The molecule has 0 bridgehead atoms. The van der Waals surface area contributed by atoms with Crippen molar-refractivity contribution in [1.82, 2.24) is 29.0 Å². The Balaban J connectivity index is 1.27. The minimum atomic E-state index is -3.77. The molecule has 0 saturated heterocycles. The van der Waals surface area contributed by atoms with Gasteiger partial charge in [-0.05, 0) is 67.3 Å². The maximum absolute atomic E-state index is 13.4. The quantitative estimate of drug-likeness (QED) is 0.391. The van der Waals surface area contributed by atoms with E-state index in [4.69, 9.17) is 4.74 Å². The summed E-state index contributed by atoms with van der Waals surface area (Å²) in [6, 6.07) is 13.9. The lowest BCUT2D eigenvalue weighted by Gasteiger charge is -2.28. The van der Waals surface area contributed by atoms with Gasteiger partial charge in [-0.15, -0.1) is 10.2 Å². The fraction of sp³-hybridized carbons (Fsp3) is 0.296. The zero-order valence-corrected chi connectivity index (χ0v) is 22.4. The zero-order chi connectivity index (χ0) is 27.1. The first-order chi connectivity index (χ1) is 18.8. The van der Waals surface area contributed by atoms with Crippen molar-refractivity contribution >= 4 is 21.7 Å². The van der Waals surface area contributed by atoms with Crippen molar-refractivity contribution in [1.29, 1.82) is 0 Å². The summed E-state index contributed by atoms with van der Waals surface area (Å²) in [6.45, 7) is 2.56. The van der Waals surface area contributed by atoms with E-state index >= 15 is 0 Å². The summed E-state index contributed by atoms with van der Waals surface area (Å²) in [6.07, 6.45) is 3.83. The van der Waals surface area contributed by atoms with Crippen LogP contribution in [0.5, 0.6) is 5.75 Å². The molecule has 1 aromatic carbocycles. The first-order valence-corrected chi connectivity index (χ1v) is 14.1. The minimum absolute atomic E-state index is 0.00130. The Labute approximate surface area is 225 Å². The molecule has 0 unspecified atom stereocenters. The Morgan fingerprint density at radius 1 is 1.08 bits per heavy atom. The molecule has 1 atom stereocenters. The van der Waals surface area contributed by atoms with E-state index in [-0.39, 0.29) is 23.2 Å². The number of sulfonamides is 1. The van der Waals surface area contributed by atoms with Crippen molar-refractivity contribution in [3.8, 4) is 17.3 Å². The van der Waals surface area contributed by atoms with E-state index in [1.807, 2.05) is 12.1 Å². The van der Waals surface area contributed by atoms with Crippen molar-refractivity contribution in [2.24, 2.45) is 0 Å². The Bertz CT molecular complexity index is 1670. The van der Waals surface area contributed by atoms with Crippen LogP contribution in [-0.4, -0.2) is 57.0 Å². The minimum Gasteiger partial charge on any atom is -0.496 e.